The Morgan fingerprint density at radius 1 is 1.20 bits per heavy atom. The van der Waals surface area contributed by atoms with Gasteiger partial charge in [0, 0.05) is 29.2 Å². The first-order chi connectivity index (χ1) is 9.30. The molecular weight excluding hydrogens is 319 g/mol. The van der Waals surface area contributed by atoms with Crippen LogP contribution in [0.15, 0.2) is 23.1 Å². The third-order valence-electron chi connectivity index (χ3n) is 3.72. The first-order valence-corrected chi connectivity index (χ1v) is 8.72. The molecular formula is C13H18Cl2N2O2S. The van der Waals surface area contributed by atoms with Crippen molar-refractivity contribution in [3.05, 3.63) is 28.2 Å². The Morgan fingerprint density at radius 2 is 1.70 bits per heavy atom. The van der Waals surface area contributed by atoms with Crippen LogP contribution in [0, 0.1) is 5.92 Å². The quantitative estimate of drug-likeness (QED) is 0.922. The fourth-order valence-electron chi connectivity index (χ4n) is 2.47. The number of nitrogens with zero attached hydrogens (tertiary/aromatic N) is 1. The molecule has 0 saturated carbocycles. The fourth-order valence-corrected chi connectivity index (χ4v) is 4.67. The van der Waals surface area contributed by atoms with E-state index in [0.717, 1.165) is 12.8 Å². The minimum atomic E-state index is -3.53. The van der Waals surface area contributed by atoms with Crippen LogP contribution in [0.25, 0.3) is 0 Å². The van der Waals surface area contributed by atoms with Crippen LogP contribution in [0.5, 0.6) is 0 Å². The highest BCUT2D eigenvalue weighted by molar-refractivity contribution is 7.89. The highest BCUT2D eigenvalue weighted by Gasteiger charge is 2.30. The molecule has 4 nitrogen and oxygen atoms in total. The van der Waals surface area contributed by atoms with Crippen LogP contribution < -0.4 is 5.73 Å². The number of piperidine rings is 1. The molecule has 0 amide bonds. The Morgan fingerprint density at radius 3 is 2.15 bits per heavy atom. The standard InChI is InChI=1S/C13H18Cl2N2O2S/c1-9(16)10-2-4-17(5-3-10)20(18,19)13-7-11(14)6-12(15)8-13/h6-10H,2-5,16H2,1H3. The third-order valence-corrected chi connectivity index (χ3v) is 6.03. The molecule has 1 fully saturated rings. The molecule has 1 aromatic carbocycles. The monoisotopic (exact) mass is 336 g/mol. The fraction of sp³-hybridized carbons (Fsp3) is 0.538. The summed E-state index contributed by atoms with van der Waals surface area (Å²) in [6.45, 7) is 2.93. The van der Waals surface area contributed by atoms with E-state index in [9.17, 15) is 8.42 Å². The minimum absolute atomic E-state index is 0.0977. The maximum Gasteiger partial charge on any atom is 0.243 e. The topological polar surface area (TPSA) is 63.4 Å². The van der Waals surface area contributed by atoms with Gasteiger partial charge in [0.15, 0.2) is 0 Å². The predicted molar refractivity (Wildman–Crippen MR) is 81.6 cm³/mol. The minimum Gasteiger partial charge on any atom is -0.328 e. The summed E-state index contributed by atoms with van der Waals surface area (Å²) in [6, 6.07) is 4.48. The van der Waals surface area contributed by atoms with Gasteiger partial charge in [0.05, 0.1) is 4.90 Å². The number of sulfonamides is 1. The van der Waals surface area contributed by atoms with Crippen LogP contribution in [0.4, 0.5) is 0 Å². The highest BCUT2D eigenvalue weighted by atomic mass is 35.5. The number of benzene rings is 1. The van der Waals surface area contributed by atoms with Gasteiger partial charge < -0.3 is 5.73 Å². The van der Waals surface area contributed by atoms with Gasteiger partial charge in [-0.1, -0.05) is 23.2 Å². The van der Waals surface area contributed by atoms with Crippen LogP contribution >= 0.6 is 23.2 Å². The Bertz CT molecular complexity index is 562. The first-order valence-electron chi connectivity index (χ1n) is 6.52. The molecule has 0 radical (unpaired) electrons. The van der Waals surface area contributed by atoms with E-state index >= 15 is 0 Å². The van der Waals surface area contributed by atoms with E-state index in [1.807, 2.05) is 6.92 Å². The molecule has 1 aromatic rings. The van der Waals surface area contributed by atoms with Gasteiger partial charge in [-0.2, -0.15) is 4.31 Å². The number of hydrogen-bond acceptors (Lipinski definition) is 3. The van der Waals surface area contributed by atoms with E-state index in [0.29, 0.717) is 29.1 Å². The number of halogens is 2. The van der Waals surface area contributed by atoms with Crippen LogP contribution in [0.1, 0.15) is 19.8 Å². The summed E-state index contributed by atoms with van der Waals surface area (Å²) in [5, 5.41) is 0.642. The summed E-state index contributed by atoms with van der Waals surface area (Å²) in [5.41, 5.74) is 5.87. The lowest BCUT2D eigenvalue weighted by Crippen LogP contribution is -2.42. The Balaban J connectivity index is 2.19. The molecule has 0 aromatic heterocycles. The lowest BCUT2D eigenvalue weighted by Gasteiger charge is -2.33. The van der Waals surface area contributed by atoms with Gasteiger partial charge in [0.1, 0.15) is 0 Å². The molecule has 2 N–H and O–H groups in total. The molecule has 0 aliphatic carbocycles. The smallest absolute Gasteiger partial charge is 0.243 e. The van der Waals surface area contributed by atoms with Crippen molar-refractivity contribution in [3.63, 3.8) is 0 Å². The molecule has 1 saturated heterocycles. The SMILES string of the molecule is CC(N)C1CCN(S(=O)(=O)c2cc(Cl)cc(Cl)c2)CC1. The van der Waals surface area contributed by atoms with Gasteiger partial charge in [-0.05, 0) is 43.9 Å². The lowest BCUT2D eigenvalue weighted by atomic mass is 9.92. The van der Waals surface area contributed by atoms with Crippen molar-refractivity contribution in [2.24, 2.45) is 11.7 Å². The summed E-state index contributed by atoms with van der Waals surface area (Å²) in [6.07, 6.45) is 1.57. The van der Waals surface area contributed by atoms with Crippen molar-refractivity contribution in [2.75, 3.05) is 13.1 Å². The van der Waals surface area contributed by atoms with Gasteiger partial charge >= 0.3 is 0 Å². The summed E-state index contributed by atoms with van der Waals surface area (Å²) >= 11 is 11.8. The second kappa shape index (κ2) is 6.20. The van der Waals surface area contributed by atoms with Crippen LogP contribution in [-0.2, 0) is 10.0 Å². The van der Waals surface area contributed by atoms with E-state index in [-0.39, 0.29) is 10.9 Å². The summed E-state index contributed by atoms with van der Waals surface area (Å²) < 4.78 is 26.6. The zero-order valence-corrected chi connectivity index (χ0v) is 13.5. The molecule has 0 bridgehead atoms. The molecule has 1 atom stereocenters. The van der Waals surface area contributed by atoms with Crippen molar-refractivity contribution in [3.8, 4) is 0 Å². The molecule has 20 heavy (non-hydrogen) atoms. The Kier molecular flexibility index (Phi) is 4.97. The summed E-state index contributed by atoms with van der Waals surface area (Å²) in [7, 11) is -3.53. The largest absolute Gasteiger partial charge is 0.328 e. The average molecular weight is 337 g/mol. The number of rotatable bonds is 3. The molecule has 112 valence electrons. The lowest BCUT2D eigenvalue weighted by molar-refractivity contribution is 0.250. The molecule has 1 aliphatic rings. The van der Waals surface area contributed by atoms with Gasteiger partial charge in [0.2, 0.25) is 10.0 Å². The van der Waals surface area contributed by atoms with E-state index in [4.69, 9.17) is 28.9 Å². The van der Waals surface area contributed by atoms with Crippen LogP contribution in [0.2, 0.25) is 10.0 Å². The normalized spacial score (nSPS) is 20.0. The Labute approximate surface area is 129 Å². The maximum absolute atomic E-state index is 12.5. The van der Waals surface area contributed by atoms with E-state index in [1.165, 1.54) is 22.5 Å². The zero-order chi connectivity index (χ0) is 14.9. The predicted octanol–water partition coefficient (Wildman–Crippen LogP) is 2.74. The summed E-state index contributed by atoms with van der Waals surface area (Å²) in [5.74, 6) is 0.379. The van der Waals surface area contributed by atoms with Gasteiger partial charge in [0.25, 0.3) is 0 Å². The second-order valence-corrected chi connectivity index (χ2v) is 8.02. The third kappa shape index (κ3) is 3.46. The van der Waals surface area contributed by atoms with E-state index in [2.05, 4.69) is 0 Å². The second-order valence-electron chi connectivity index (χ2n) is 5.21. The van der Waals surface area contributed by atoms with E-state index in [1.54, 1.807) is 0 Å². The molecule has 0 spiro atoms. The van der Waals surface area contributed by atoms with Gasteiger partial charge in [-0.25, -0.2) is 8.42 Å². The van der Waals surface area contributed by atoms with Crippen LogP contribution in [0.3, 0.4) is 0 Å². The zero-order valence-electron chi connectivity index (χ0n) is 11.2. The van der Waals surface area contributed by atoms with Crippen molar-refractivity contribution in [1.82, 2.24) is 4.31 Å². The van der Waals surface area contributed by atoms with Gasteiger partial charge in [-0.15, -0.1) is 0 Å². The van der Waals surface area contributed by atoms with Crippen molar-refractivity contribution < 1.29 is 8.42 Å². The molecule has 1 aliphatic heterocycles. The van der Waals surface area contributed by atoms with Crippen molar-refractivity contribution >= 4 is 33.2 Å². The van der Waals surface area contributed by atoms with Crippen LogP contribution in [-0.4, -0.2) is 31.9 Å². The first kappa shape index (κ1) is 16.0. The molecule has 7 heteroatoms. The summed E-state index contributed by atoms with van der Waals surface area (Å²) in [4.78, 5) is 0.147. The number of nitrogens with two attached hydrogens (primary N) is 1. The van der Waals surface area contributed by atoms with Gasteiger partial charge in [-0.3, -0.25) is 0 Å². The molecule has 2 rings (SSSR count). The van der Waals surface area contributed by atoms with Crippen molar-refractivity contribution in [1.29, 1.82) is 0 Å². The van der Waals surface area contributed by atoms with E-state index < -0.39 is 10.0 Å². The molecule has 1 heterocycles. The average Bonchev–Trinajstić information content (AvgIpc) is 2.37. The number of hydrogen-bond donors (Lipinski definition) is 1. The molecule has 1 unspecified atom stereocenters. The Hall–Kier alpha value is -0.330. The van der Waals surface area contributed by atoms with Crippen molar-refractivity contribution in [2.45, 2.75) is 30.7 Å². The maximum atomic E-state index is 12.5. The highest BCUT2D eigenvalue weighted by Crippen LogP contribution is 2.28.